The maximum atomic E-state index is 12.0. The monoisotopic (exact) mass is 215 g/mol. The van der Waals surface area contributed by atoms with Crippen LogP contribution in [0.5, 0.6) is 0 Å². The third-order valence-electron chi connectivity index (χ3n) is 3.53. The predicted molar refractivity (Wildman–Crippen MR) is 57.3 cm³/mol. The topological polar surface area (TPSA) is 20.3 Å². The number of likely N-dealkylation sites (tertiary alicyclic amines) is 1. The van der Waals surface area contributed by atoms with Gasteiger partial charge in [-0.05, 0) is 32.1 Å². The lowest BCUT2D eigenvalue weighted by Gasteiger charge is -2.35. The van der Waals surface area contributed by atoms with Crippen molar-refractivity contribution in [3.05, 3.63) is 0 Å². The Morgan fingerprint density at radius 3 is 2.36 bits per heavy atom. The lowest BCUT2D eigenvalue weighted by Crippen LogP contribution is -2.43. The Kier molecular flexibility index (Phi) is 2.74. The second kappa shape index (κ2) is 3.73. The third-order valence-corrected chi connectivity index (χ3v) is 3.85. The molecule has 1 aliphatic carbocycles. The second-order valence-electron chi connectivity index (χ2n) is 4.95. The van der Waals surface area contributed by atoms with Crippen molar-refractivity contribution in [1.82, 2.24) is 4.90 Å². The van der Waals surface area contributed by atoms with Crippen LogP contribution in [-0.4, -0.2) is 28.8 Å². The summed E-state index contributed by atoms with van der Waals surface area (Å²) in [6, 6.07) is 0.348. The minimum atomic E-state index is 0.173. The molecule has 1 amide bonds. The van der Waals surface area contributed by atoms with Crippen molar-refractivity contribution in [2.45, 2.75) is 44.5 Å². The Morgan fingerprint density at radius 2 is 1.93 bits per heavy atom. The van der Waals surface area contributed by atoms with E-state index in [-0.39, 0.29) is 5.38 Å². The van der Waals surface area contributed by atoms with E-state index in [4.69, 9.17) is 11.6 Å². The molecule has 0 aromatic rings. The van der Waals surface area contributed by atoms with E-state index in [1.165, 1.54) is 0 Å². The van der Waals surface area contributed by atoms with E-state index in [1.54, 1.807) is 0 Å². The molecule has 0 bridgehead atoms. The molecule has 1 heterocycles. The molecule has 1 saturated heterocycles. The van der Waals surface area contributed by atoms with Gasteiger partial charge in [0.2, 0.25) is 5.91 Å². The van der Waals surface area contributed by atoms with Gasteiger partial charge in [0.25, 0.3) is 0 Å². The molecular weight excluding hydrogens is 198 g/mol. The highest BCUT2D eigenvalue weighted by molar-refractivity contribution is 6.21. The van der Waals surface area contributed by atoms with Crippen LogP contribution in [0.3, 0.4) is 0 Å². The van der Waals surface area contributed by atoms with Crippen LogP contribution in [0.25, 0.3) is 0 Å². The lowest BCUT2D eigenvalue weighted by molar-refractivity contribution is -0.140. The standard InChI is InChI=1S/C11H18ClNO/c1-7-3-9(4-7)11(14)13-6-10(12)5-8(13)2/h7-10H,3-6H2,1-2H3. The van der Waals surface area contributed by atoms with E-state index in [0.717, 1.165) is 31.7 Å². The number of halogens is 1. The summed E-state index contributed by atoms with van der Waals surface area (Å²) in [5.74, 6) is 1.39. The van der Waals surface area contributed by atoms with Crippen LogP contribution >= 0.6 is 11.6 Å². The highest BCUT2D eigenvalue weighted by Crippen LogP contribution is 2.36. The highest BCUT2D eigenvalue weighted by Gasteiger charge is 2.39. The van der Waals surface area contributed by atoms with Gasteiger partial charge < -0.3 is 4.90 Å². The van der Waals surface area contributed by atoms with Gasteiger partial charge in [-0.15, -0.1) is 11.6 Å². The van der Waals surface area contributed by atoms with Gasteiger partial charge in [0.1, 0.15) is 0 Å². The molecule has 0 radical (unpaired) electrons. The smallest absolute Gasteiger partial charge is 0.225 e. The molecule has 2 aliphatic rings. The summed E-state index contributed by atoms with van der Waals surface area (Å²) >= 11 is 6.05. The molecule has 2 atom stereocenters. The fourth-order valence-electron chi connectivity index (χ4n) is 2.61. The number of alkyl halides is 1. The molecular formula is C11H18ClNO. The van der Waals surface area contributed by atoms with Crippen LogP contribution in [0.15, 0.2) is 0 Å². The van der Waals surface area contributed by atoms with Crippen molar-refractivity contribution >= 4 is 17.5 Å². The molecule has 0 aromatic carbocycles. The van der Waals surface area contributed by atoms with Crippen LogP contribution in [-0.2, 0) is 4.79 Å². The van der Waals surface area contributed by atoms with Gasteiger partial charge in [0, 0.05) is 18.5 Å². The first-order chi connectivity index (χ1) is 6.58. The van der Waals surface area contributed by atoms with Crippen LogP contribution in [0.4, 0.5) is 0 Å². The molecule has 2 rings (SSSR count). The first-order valence-electron chi connectivity index (χ1n) is 5.52. The number of amides is 1. The zero-order valence-electron chi connectivity index (χ0n) is 8.87. The van der Waals surface area contributed by atoms with Crippen LogP contribution < -0.4 is 0 Å². The number of rotatable bonds is 1. The lowest BCUT2D eigenvalue weighted by atomic mass is 9.75. The van der Waals surface area contributed by atoms with Crippen LogP contribution in [0, 0.1) is 11.8 Å². The van der Waals surface area contributed by atoms with Crippen molar-refractivity contribution in [1.29, 1.82) is 0 Å². The Bertz CT molecular complexity index is 237. The minimum Gasteiger partial charge on any atom is -0.338 e. The van der Waals surface area contributed by atoms with Gasteiger partial charge >= 0.3 is 0 Å². The maximum Gasteiger partial charge on any atom is 0.225 e. The van der Waals surface area contributed by atoms with Crippen molar-refractivity contribution < 1.29 is 4.79 Å². The number of hydrogen-bond donors (Lipinski definition) is 0. The van der Waals surface area contributed by atoms with E-state index >= 15 is 0 Å². The normalized spacial score (nSPS) is 42.4. The molecule has 0 N–H and O–H groups in total. The van der Waals surface area contributed by atoms with Gasteiger partial charge in [-0.2, -0.15) is 0 Å². The summed E-state index contributed by atoms with van der Waals surface area (Å²) < 4.78 is 0. The minimum absolute atomic E-state index is 0.173. The molecule has 1 aliphatic heterocycles. The molecule has 3 heteroatoms. The summed E-state index contributed by atoms with van der Waals surface area (Å²) in [5.41, 5.74) is 0. The van der Waals surface area contributed by atoms with Gasteiger partial charge in [-0.25, -0.2) is 0 Å². The Morgan fingerprint density at radius 1 is 1.29 bits per heavy atom. The largest absolute Gasteiger partial charge is 0.338 e. The van der Waals surface area contributed by atoms with Gasteiger partial charge in [0.05, 0.1) is 5.38 Å². The molecule has 0 spiro atoms. The quantitative estimate of drug-likeness (QED) is 0.615. The van der Waals surface area contributed by atoms with Crippen molar-refractivity contribution in [3.8, 4) is 0 Å². The molecule has 2 unspecified atom stereocenters. The summed E-state index contributed by atoms with van der Waals surface area (Å²) in [4.78, 5) is 14.0. The van der Waals surface area contributed by atoms with E-state index in [0.29, 0.717) is 17.9 Å². The van der Waals surface area contributed by atoms with Crippen molar-refractivity contribution in [2.75, 3.05) is 6.54 Å². The second-order valence-corrected chi connectivity index (χ2v) is 5.56. The third kappa shape index (κ3) is 1.77. The van der Waals surface area contributed by atoms with Gasteiger partial charge in [0.15, 0.2) is 0 Å². The van der Waals surface area contributed by atoms with E-state index in [9.17, 15) is 4.79 Å². The van der Waals surface area contributed by atoms with Gasteiger partial charge in [-0.1, -0.05) is 6.92 Å². The number of nitrogens with zero attached hydrogens (tertiary/aromatic N) is 1. The van der Waals surface area contributed by atoms with Crippen LogP contribution in [0.2, 0.25) is 0 Å². The molecule has 14 heavy (non-hydrogen) atoms. The fourth-order valence-corrected chi connectivity index (χ4v) is 3.02. The van der Waals surface area contributed by atoms with Crippen molar-refractivity contribution in [3.63, 3.8) is 0 Å². The number of carbonyl (C=O) groups is 1. The maximum absolute atomic E-state index is 12.0. The molecule has 2 fully saturated rings. The number of carbonyl (C=O) groups excluding carboxylic acids is 1. The van der Waals surface area contributed by atoms with Crippen molar-refractivity contribution in [2.24, 2.45) is 11.8 Å². The summed E-state index contributed by atoms with van der Waals surface area (Å²) in [7, 11) is 0. The Balaban J connectivity index is 1.92. The average molecular weight is 216 g/mol. The van der Waals surface area contributed by atoms with E-state index in [1.807, 2.05) is 4.90 Å². The molecule has 80 valence electrons. The average Bonchev–Trinajstić information content (AvgIpc) is 2.39. The molecule has 2 nitrogen and oxygen atoms in total. The first kappa shape index (κ1) is 10.3. The molecule has 1 saturated carbocycles. The van der Waals surface area contributed by atoms with Crippen LogP contribution in [0.1, 0.15) is 33.1 Å². The van der Waals surface area contributed by atoms with E-state index < -0.39 is 0 Å². The number of hydrogen-bond acceptors (Lipinski definition) is 1. The van der Waals surface area contributed by atoms with E-state index in [2.05, 4.69) is 13.8 Å². The summed E-state index contributed by atoms with van der Waals surface area (Å²) in [6.45, 7) is 5.07. The molecule has 0 aromatic heterocycles. The summed E-state index contributed by atoms with van der Waals surface area (Å²) in [5, 5.41) is 0.173. The first-order valence-corrected chi connectivity index (χ1v) is 5.96. The SMILES string of the molecule is CC1CC(C(=O)N2CC(Cl)CC2C)C1. The Hall–Kier alpha value is -0.240. The highest BCUT2D eigenvalue weighted by atomic mass is 35.5. The summed E-state index contributed by atoms with van der Waals surface area (Å²) in [6.07, 6.45) is 3.11. The zero-order valence-corrected chi connectivity index (χ0v) is 9.63. The predicted octanol–water partition coefficient (Wildman–Crippen LogP) is 2.26. The fraction of sp³-hybridized carbons (Fsp3) is 0.909. The Labute approximate surface area is 90.6 Å². The zero-order chi connectivity index (χ0) is 10.3. The van der Waals surface area contributed by atoms with Gasteiger partial charge in [-0.3, -0.25) is 4.79 Å².